The molecule has 0 bridgehead atoms. The molecule has 0 fully saturated rings. The molecule has 0 atom stereocenters. The quantitative estimate of drug-likeness (QED) is 0.172. The average molecular weight is 654 g/mol. The van der Waals surface area contributed by atoms with E-state index < -0.39 is 55.7 Å². The lowest BCUT2D eigenvalue weighted by atomic mass is 9.93. The van der Waals surface area contributed by atoms with Gasteiger partial charge < -0.3 is 45.6 Å². The molecule has 1 aromatic heterocycles. The fraction of sp³-hybridized carbons (Fsp3) is 0.344. The lowest BCUT2D eigenvalue weighted by Gasteiger charge is -2.23. The first-order valence-electron chi connectivity index (χ1n) is 13.2. The first kappa shape index (κ1) is 48.0. The Morgan fingerprint density at radius 1 is 0.630 bits per heavy atom. The van der Waals surface area contributed by atoms with Crippen LogP contribution in [0.2, 0.25) is 0 Å². The number of aliphatic hydroxyl groups is 4. The third-order valence-electron chi connectivity index (χ3n) is 4.67. The molecule has 0 saturated heterocycles. The van der Waals surface area contributed by atoms with Gasteiger partial charge in [0, 0.05) is 33.7 Å². The summed E-state index contributed by atoms with van der Waals surface area (Å²) in [5.41, 5.74) is 0.573. The Morgan fingerprint density at radius 3 is 1.17 bits per heavy atom. The molecule has 258 valence electrons. The molecule has 0 aliphatic heterocycles. The Balaban J connectivity index is -0.000000239. The number of benzene rings is 1. The molecular formula is C32H47NO13. The zero-order valence-electron chi connectivity index (χ0n) is 26.9. The van der Waals surface area contributed by atoms with Gasteiger partial charge in [-0.25, -0.2) is 24.2 Å². The van der Waals surface area contributed by atoms with E-state index in [2.05, 4.69) is 31.3 Å². The van der Waals surface area contributed by atoms with Crippen molar-refractivity contribution in [3.05, 3.63) is 85.0 Å². The third-order valence-corrected chi connectivity index (χ3v) is 4.67. The molecule has 46 heavy (non-hydrogen) atoms. The highest BCUT2D eigenvalue weighted by molar-refractivity contribution is 5.86. The van der Waals surface area contributed by atoms with E-state index in [9.17, 15) is 19.2 Å². The molecule has 14 nitrogen and oxygen atoms in total. The minimum atomic E-state index is -1.11. The number of pyridine rings is 1. The number of aliphatic carboxylic acids is 4. The lowest BCUT2D eigenvalue weighted by Crippen LogP contribution is -2.37. The van der Waals surface area contributed by atoms with Crippen LogP contribution in [-0.4, -0.2) is 103 Å². The maximum absolute atomic E-state index is 9.60. The van der Waals surface area contributed by atoms with E-state index in [1.54, 1.807) is 0 Å². The van der Waals surface area contributed by atoms with Gasteiger partial charge in [-0.2, -0.15) is 0 Å². The molecule has 0 saturated carbocycles. The normalized spacial score (nSPS) is 9.15. The Kier molecular flexibility index (Phi) is 28.9. The Labute approximate surface area is 268 Å². The predicted molar refractivity (Wildman–Crippen MR) is 173 cm³/mol. The summed E-state index contributed by atoms with van der Waals surface area (Å²) in [6, 6.07) is 11.9. The monoisotopic (exact) mass is 653 g/mol. The lowest BCUT2D eigenvalue weighted by molar-refractivity contribution is -0.133. The number of nitrogens with zero attached hydrogens (tertiary/aromatic N) is 1. The molecule has 2 aromatic rings. The average Bonchev–Trinajstić information content (AvgIpc) is 3.00. The first-order valence-corrected chi connectivity index (χ1v) is 13.2. The van der Waals surface area contributed by atoms with Gasteiger partial charge in [-0.05, 0) is 46.8 Å². The van der Waals surface area contributed by atoms with Crippen LogP contribution in [0, 0.1) is 5.41 Å². The summed E-state index contributed by atoms with van der Waals surface area (Å²) < 4.78 is 5.30. The summed E-state index contributed by atoms with van der Waals surface area (Å²) in [5, 5.41) is 66.7. The molecule has 0 unspecified atom stereocenters. The van der Waals surface area contributed by atoms with Crippen LogP contribution in [0.15, 0.2) is 85.0 Å². The fourth-order valence-electron chi connectivity index (χ4n) is 1.58. The molecule has 1 aromatic carbocycles. The van der Waals surface area contributed by atoms with Gasteiger partial charge in [-0.3, -0.25) is 0 Å². The van der Waals surface area contributed by atoms with E-state index in [0.717, 1.165) is 10.9 Å². The molecule has 0 aliphatic rings. The van der Waals surface area contributed by atoms with Gasteiger partial charge in [0.05, 0.1) is 44.0 Å². The number of hydrogen-bond donors (Lipinski definition) is 8. The van der Waals surface area contributed by atoms with E-state index in [-0.39, 0.29) is 22.3 Å². The van der Waals surface area contributed by atoms with Crippen LogP contribution >= 0.6 is 0 Å². The van der Waals surface area contributed by atoms with E-state index in [1.807, 2.05) is 43.3 Å². The van der Waals surface area contributed by atoms with E-state index >= 15 is 0 Å². The van der Waals surface area contributed by atoms with E-state index in [4.69, 9.17) is 45.6 Å². The van der Waals surface area contributed by atoms with Gasteiger partial charge >= 0.3 is 23.9 Å². The molecule has 14 heteroatoms. The van der Waals surface area contributed by atoms with Gasteiger partial charge in [-0.1, -0.05) is 44.5 Å². The Hall–Kier alpha value is -4.89. The van der Waals surface area contributed by atoms with Gasteiger partial charge in [0.25, 0.3) is 0 Å². The number of para-hydroxylation sites is 1. The maximum atomic E-state index is 9.60. The maximum Gasteiger partial charge on any atom is 0.330 e. The van der Waals surface area contributed by atoms with Crippen LogP contribution < -0.4 is 4.74 Å². The van der Waals surface area contributed by atoms with Crippen molar-refractivity contribution in [1.29, 1.82) is 0 Å². The minimum absolute atomic E-state index is 0.176. The molecule has 0 spiro atoms. The number of carboxylic acids is 4. The van der Waals surface area contributed by atoms with Crippen molar-refractivity contribution in [2.24, 2.45) is 5.41 Å². The molecule has 0 amide bonds. The van der Waals surface area contributed by atoms with Crippen LogP contribution in [0.4, 0.5) is 0 Å². The number of hydrogen-bond acceptors (Lipinski definition) is 10. The first-order chi connectivity index (χ1) is 21.2. The summed E-state index contributed by atoms with van der Waals surface area (Å²) in [7, 11) is 0. The number of carboxylic acid groups (broad SMARTS) is 4. The molecule has 0 aliphatic carbocycles. The standard InChI is InChI=1S/C11H11NO.C5H12O4.4C4H6O2/c1-2-13-11-8-7-9-5-3-4-6-10(9)12-11;6-1-5(2-7,3-8)4-9;4*1-3(2)4(5)6/h3-8H,2H2,1H3;6-9H,1-4H2;4*1H2,2H3,(H,5,6). The largest absolute Gasteiger partial charge is 0.478 e. The highest BCUT2D eigenvalue weighted by atomic mass is 16.5. The van der Waals surface area contributed by atoms with Gasteiger partial charge in [-0.15, -0.1) is 0 Å². The van der Waals surface area contributed by atoms with Crippen molar-refractivity contribution in [3.63, 3.8) is 0 Å². The van der Waals surface area contributed by atoms with Crippen LogP contribution in [0.1, 0.15) is 34.6 Å². The number of carbonyl (C=O) groups is 4. The number of aliphatic hydroxyl groups excluding tert-OH is 4. The predicted octanol–water partition coefficient (Wildman–Crippen LogP) is 3.16. The van der Waals surface area contributed by atoms with Crippen molar-refractivity contribution in [2.45, 2.75) is 34.6 Å². The Morgan fingerprint density at radius 2 is 0.935 bits per heavy atom. The van der Waals surface area contributed by atoms with Crippen LogP contribution in [0.25, 0.3) is 10.9 Å². The minimum Gasteiger partial charge on any atom is -0.478 e. The summed E-state index contributed by atoms with van der Waals surface area (Å²) >= 11 is 0. The van der Waals surface area contributed by atoms with Crippen molar-refractivity contribution >= 4 is 34.8 Å². The number of rotatable bonds is 10. The third kappa shape index (κ3) is 26.7. The van der Waals surface area contributed by atoms with Crippen molar-refractivity contribution in [1.82, 2.24) is 4.98 Å². The van der Waals surface area contributed by atoms with Gasteiger partial charge in [0.2, 0.25) is 5.88 Å². The van der Waals surface area contributed by atoms with Crippen LogP contribution in [0.3, 0.4) is 0 Å². The summed E-state index contributed by atoms with van der Waals surface area (Å²) in [6.07, 6.45) is 0. The summed E-state index contributed by atoms with van der Waals surface area (Å²) in [6.45, 7) is 19.4. The number of ether oxygens (including phenoxy) is 1. The smallest absolute Gasteiger partial charge is 0.330 e. The van der Waals surface area contributed by atoms with Crippen LogP contribution in [0.5, 0.6) is 5.88 Å². The molecular weight excluding hydrogens is 606 g/mol. The topological polar surface area (TPSA) is 252 Å². The molecule has 2 rings (SSSR count). The Bertz CT molecular complexity index is 1120. The zero-order chi connectivity index (χ0) is 37.0. The number of aromatic nitrogens is 1. The van der Waals surface area contributed by atoms with Crippen LogP contribution in [-0.2, 0) is 19.2 Å². The zero-order valence-corrected chi connectivity index (χ0v) is 26.9. The van der Waals surface area contributed by atoms with Crippen molar-refractivity contribution < 1.29 is 64.8 Å². The second kappa shape index (κ2) is 27.6. The van der Waals surface area contributed by atoms with Crippen molar-refractivity contribution in [3.8, 4) is 5.88 Å². The SMILES string of the molecule is C=C(C)C(=O)O.C=C(C)C(=O)O.C=C(C)C(=O)O.C=C(C)C(=O)O.CCOc1ccc2ccccc2n1.OCC(CO)(CO)CO. The second-order valence-corrected chi connectivity index (χ2v) is 9.25. The fourth-order valence-corrected chi connectivity index (χ4v) is 1.58. The highest BCUT2D eigenvalue weighted by Gasteiger charge is 2.26. The second-order valence-electron chi connectivity index (χ2n) is 9.25. The number of fused-ring (bicyclic) bond motifs is 1. The molecule has 8 N–H and O–H groups in total. The molecule has 1 heterocycles. The van der Waals surface area contributed by atoms with Gasteiger partial charge in [0.15, 0.2) is 0 Å². The van der Waals surface area contributed by atoms with Crippen molar-refractivity contribution in [2.75, 3.05) is 33.0 Å². The summed E-state index contributed by atoms with van der Waals surface area (Å²) in [4.78, 5) is 42.7. The summed E-state index contributed by atoms with van der Waals surface area (Å²) in [5.74, 6) is -3.05. The van der Waals surface area contributed by atoms with Gasteiger partial charge in [0.1, 0.15) is 0 Å². The highest BCUT2D eigenvalue weighted by Crippen LogP contribution is 2.15. The van der Waals surface area contributed by atoms with E-state index in [1.165, 1.54) is 27.7 Å². The molecule has 0 radical (unpaired) electrons. The van der Waals surface area contributed by atoms with E-state index in [0.29, 0.717) is 12.5 Å².